The number of rotatable bonds is 4. The Balaban J connectivity index is 0.000000351. The van der Waals surface area contributed by atoms with Crippen LogP contribution in [0.5, 0.6) is 0 Å². The zero-order valence-corrected chi connectivity index (χ0v) is 10.1. The minimum absolute atomic E-state index is 0.153. The summed E-state index contributed by atoms with van der Waals surface area (Å²) in [6.07, 6.45) is -1.37. The maximum atomic E-state index is 9.83. The van der Waals surface area contributed by atoms with Gasteiger partial charge in [-0.25, -0.2) is 9.59 Å². The van der Waals surface area contributed by atoms with Gasteiger partial charge in [0.15, 0.2) is 0 Å². The first-order chi connectivity index (χ1) is 8.45. The Hall–Kier alpha value is -1.54. The molecule has 18 heavy (non-hydrogen) atoms. The van der Waals surface area contributed by atoms with Crippen LogP contribution in [0.15, 0.2) is 0 Å². The second-order valence-corrected chi connectivity index (χ2v) is 3.59. The Morgan fingerprint density at radius 2 is 2.06 bits per heavy atom. The summed E-state index contributed by atoms with van der Waals surface area (Å²) >= 11 is 0. The molecule has 106 valence electrons. The number of aliphatic hydroxyl groups excluding tert-OH is 1. The van der Waals surface area contributed by atoms with Gasteiger partial charge < -0.3 is 29.5 Å². The maximum absolute atomic E-state index is 9.83. The van der Waals surface area contributed by atoms with Gasteiger partial charge in [0, 0.05) is 6.61 Å². The van der Waals surface area contributed by atoms with Crippen molar-refractivity contribution in [3.63, 3.8) is 0 Å². The molecule has 0 aromatic carbocycles. The van der Waals surface area contributed by atoms with E-state index < -0.39 is 18.4 Å². The summed E-state index contributed by atoms with van der Waals surface area (Å²) in [5, 5.41) is 24.4. The molecule has 2 unspecified atom stereocenters. The molecule has 0 saturated carbocycles. The number of ether oxygens (including phenoxy) is 3. The van der Waals surface area contributed by atoms with Gasteiger partial charge in [0.2, 0.25) is 0 Å². The Morgan fingerprint density at radius 1 is 1.39 bits per heavy atom. The monoisotopic (exact) mass is 266 g/mol. The van der Waals surface area contributed by atoms with E-state index in [0.29, 0.717) is 0 Å². The van der Waals surface area contributed by atoms with Gasteiger partial charge in [0.05, 0.1) is 12.7 Å². The normalized spacial score (nSPS) is 19.3. The second-order valence-electron chi connectivity index (χ2n) is 3.59. The van der Waals surface area contributed by atoms with Crippen LogP contribution >= 0.6 is 0 Å². The first-order valence-corrected chi connectivity index (χ1v) is 5.43. The van der Waals surface area contributed by atoms with Crippen LogP contribution in [0.1, 0.15) is 19.8 Å². The highest BCUT2D eigenvalue weighted by Crippen LogP contribution is 2.09. The van der Waals surface area contributed by atoms with Gasteiger partial charge in [-0.3, -0.25) is 0 Å². The minimum Gasteiger partial charge on any atom is -0.450 e. The lowest BCUT2D eigenvalue weighted by Crippen LogP contribution is -2.20. The molecule has 8 nitrogen and oxygen atoms in total. The Labute approximate surface area is 104 Å². The lowest BCUT2D eigenvalue weighted by Gasteiger charge is -2.08. The standard InChI is InChI=1S/C5H8O6.C5H10O2/c1-3(11-5(8)9)2-10-4(6)7;6-4-5-2-1-3-7-5/h3H,2H2,1H3,(H,6,7)(H,8,9);5-6H,1-4H2. The molecule has 0 amide bonds. The van der Waals surface area contributed by atoms with Crippen molar-refractivity contribution in [3.8, 4) is 0 Å². The van der Waals surface area contributed by atoms with Crippen molar-refractivity contribution in [3.05, 3.63) is 0 Å². The summed E-state index contributed by atoms with van der Waals surface area (Å²) in [5.41, 5.74) is 0. The highest BCUT2D eigenvalue weighted by atomic mass is 16.7. The van der Waals surface area contributed by atoms with Gasteiger partial charge in [-0.2, -0.15) is 0 Å². The fourth-order valence-corrected chi connectivity index (χ4v) is 1.18. The lowest BCUT2D eigenvalue weighted by atomic mass is 10.2. The van der Waals surface area contributed by atoms with Crippen LogP contribution in [-0.2, 0) is 14.2 Å². The third-order valence-corrected chi connectivity index (χ3v) is 1.97. The predicted molar refractivity (Wildman–Crippen MR) is 58.6 cm³/mol. The van der Waals surface area contributed by atoms with Crippen LogP contribution in [0, 0.1) is 0 Å². The summed E-state index contributed by atoms with van der Waals surface area (Å²) in [7, 11) is 0. The van der Waals surface area contributed by atoms with E-state index in [4.69, 9.17) is 20.1 Å². The van der Waals surface area contributed by atoms with Crippen molar-refractivity contribution >= 4 is 12.3 Å². The molecule has 0 radical (unpaired) electrons. The average molecular weight is 266 g/mol. The van der Waals surface area contributed by atoms with E-state index in [1.54, 1.807) is 0 Å². The highest BCUT2D eigenvalue weighted by molar-refractivity contribution is 5.58. The van der Waals surface area contributed by atoms with Crippen molar-refractivity contribution in [2.24, 2.45) is 0 Å². The third-order valence-electron chi connectivity index (χ3n) is 1.97. The zero-order chi connectivity index (χ0) is 14.0. The molecule has 1 fully saturated rings. The molecule has 1 rings (SSSR count). The molecular formula is C10H18O8. The van der Waals surface area contributed by atoms with Crippen LogP contribution < -0.4 is 0 Å². The minimum atomic E-state index is -1.45. The fraction of sp³-hybridized carbons (Fsp3) is 0.800. The van der Waals surface area contributed by atoms with Gasteiger partial charge in [-0.05, 0) is 19.8 Å². The molecular weight excluding hydrogens is 248 g/mol. The number of hydrogen-bond donors (Lipinski definition) is 3. The molecule has 0 bridgehead atoms. The van der Waals surface area contributed by atoms with Gasteiger partial charge in [0.1, 0.15) is 12.7 Å². The van der Waals surface area contributed by atoms with Crippen LogP contribution in [0.4, 0.5) is 9.59 Å². The summed E-state index contributed by atoms with van der Waals surface area (Å²) in [6, 6.07) is 0. The van der Waals surface area contributed by atoms with E-state index in [2.05, 4.69) is 9.47 Å². The van der Waals surface area contributed by atoms with E-state index in [-0.39, 0.29) is 19.3 Å². The smallest absolute Gasteiger partial charge is 0.450 e. The first kappa shape index (κ1) is 16.5. The Morgan fingerprint density at radius 3 is 2.39 bits per heavy atom. The zero-order valence-electron chi connectivity index (χ0n) is 10.1. The van der Waals surface area contributed by atoms with Crippen molar-refractivity contribution in [1.82, 2.24) is 0 Å². The van der Waals surface area contributed by atoms with E-state index in [0.717, 1.165) is 19.4 Å². The molecule has 8 heteroatoms. The van der Waals surface area contributed by atoms with Gasteiger partial charge in [0.25, 0.3) is 0 Å². The van der Waals surface area contributed by atoms with E-state index in [1.807, 2.05) is 0 Å². The summed E-state index contributed by atoms with van der Waals surface area (Å²) in [5.74, 6) is 0. The van der Waals surface area contributed by atoms with E-state index in [9.17, 15) is 9.59 Å². The molecule has 0 aromatic heterocycles. The number of carboxylic acid groups (broad SMARTS) is 2. The Kier molecular flexibility index (Phi) is 8.67. The molecule has 1 aliphatic heterocycles. The van der Waals surface area contributed by atoms with E-state index >= 15 is 0 Å². The predicted octanol–water partition coefficient (Wildman–Crippen LogP) is 0.922. The molecule has 2 atom stereocenters. The maximum Gasteiger partial charge on any atom is 0.506 e. The van der Waals surface area contributed by atoms with Crippen LogP contribution in [0.3, 0.4) is 0 Å². The number of hydrogen-bond acceptors (Lipinski definition) is 6. The fourth-order valence-electron chi connectivity index (χ4n) is 1.18. The number of carbonyl (C=O) groups is 2. The SMILES string of the molecule is CC(COC(=O)O)OC(=O)O.OCC1CCCO1. The molecule has 1 aliphatic rings. The summed E-state index contributed by atoms with van der Waals surface area (Å²) < 4.78 is 13.2. The van der Waals surface area contributed by atoms with Gasteiger partial charge >= 0.3 is 12.3 Å². The summed E-state index contributed by atoms with van der Waals surface area (Å²) in [6.45, 7) is 2.13. The third kappa shape index (κ3) is 9.67. The van der Waals surface area contributed by atoms with Crippen molar-refractivity contribution < 1.29 is 39.1 Å². The summed E-state index contributed by atoms with van der Waals surface area (Å²) in [4.78, 5) is 19.6. The number of aliphatic hydroxyl groups is 1. The van der Waals surface area contributed by atoms with Gasteiger partial charge in [-0.15, -0.1) is 0 Å². The second kappa shape index (κ2) is 9.49. The van der Waals surface area contributed by atoms with E-state index in [1.165, 1.54) is 6.92 Å². The van der Waals surface area contributed by atoms with Crippen LogP contribution in [0.2, 0.25) is 0 Å². The van der Waals surface area contributed by atoms with Crippen molar-refractivity contribution in [1.29, 1.82) is 0 Å². The highest BCUT2D eigenvalue weighted by Gasteiger charge is 2.12. The van der Waals surface area contributed by atoms with Crippen molar-refractivity contribution in [2.45, 2.75) is 32.0 Å². The quantitative estimate of drug-likeness (QED) is 0.642. The topological polar surface area (TPSA) is 123 Å². The van der Waals surface area contributed by atoms with Crippen LogP contribution in [-0.4, -0.2) is 59.7 Å². The molecule has 0 aromatic rings. The lowest BCUT2D eigenvalue weighted by molar-refractivity contribution is 0.0122. The van der Waals surface area contributed by atoms with Crippen LogP contribution in [0.25, 0.3) is 0 Å². The molecule has 0 aliphatic carbocycles. The van der Waals surface area contributed by atoms with Gasteiger partial charge in [-0.1, -0.05) is 0 Å². The molecule has 1 saturated heterocycles. The average Bonchev–Trinajstić information content (AvgIpc) is 2.79. The van der Waals surface area contributed by atoms with Crippen molar-refractivity contribution in [2.75, 3.05) is 19.8 Å². The molecule has 0 spiro atoms. The molecule has 1 heterocycles. The molecule has 3 N–H and O–H groups in total. The Bertz CT molecular complexity index is 248. The largest absolute Gasteiger partial charge is 0.506 e. The first-order valence-electron chi connectivity index (χ1n) is 5.43.